The average molecular weight is 271 g/mol. The normalized spacial score (nSPS) is 10.1. The number of nitrogens with zero attached hydrogens (tertiary/aromatic N) is 2. The molecule has 0 aliphatic heterocycles. The number of nitrogens with one attached hydrogen (secondary N) is 1. The van der Waals surface area contributed by atoms with E-state index in [1.807, 2.05) is 19.9 Å². The Bertz CT molecular complexity index is 663. The molecular formula is C14H13N3O3. The molecule has 2 heterocycles. The number of carboxylic acids is 1. The number of amides is 1. The van der Waals surface area contributed by atoms with Crippen LogP contribution in [0, 0.1) is 13.8 Å². The third-order valence-corrected chi connectivity index (χ3v) is 2.59. The van der Waals surface area contributed by atoms with Gasteiger partial charge in [-0.15, -0.1) is 0 Å². The molecule has 0 fully saturated rings. The molecule has 6 heteroatoms. The second-order valence-corrected chi connectivity index (χ2v) is 4.33. The van der Waals surface area contributed by atoms with Gasteiger partial charge in [0.25, 0.3) is 5.91 Å². The largest absolute Gasteiger partial charge is 0.478 e. The molecule has 6 nitrogen and oxygen atoms in total. The van der Waals surface area contributed by atoms with Gasteiger partial charge in [0.2, 0.25) is 0 Å². The molecular weight excluding hydrogens is 258 g/mol. The van der Waals surface area contributed by atoms with Gasteiger partial charge in [-0.05, 0) is 43.7 Å². The number of aromatic carboxylic acids is 1. The van der Waals surface area contributed by atoms with Gasteiger partial charge >= 0.3 is 5.97 Å². The maximum Gasteiger partial charge on any atom is 0.338 e. The van der Waals surface area contributed by atoms with Crippen molar-refractivity contribution in [2.75, 3.05) is 5.32 Å². The Hall–Kier alpha value is -2.76. The van der Waals surface area contributed by atoms with E-state index < -0.39 is 11.9 Å². The Morgan fingerprint density at radius 2 is 2.00 bits per heavy atom. The number of rotatable bonds is 3. The van der Waals surface area contributed by atoms with E-state index in [0.717, 1.165) is 11.3 Å². The molecule has 2 aromatic heterocycles. The van der Waals surface area contributed by atoms with E-state index >= 15 is 0 Å². The summed E-state index contributed by atoms with van der Waals surface area (Å²) in [5.41, 5.74) is 1.43. The van der Waals surface area contributed by atoms with E-state index in [-0.39, 0.29) is 11.3 Å². The van der Waals surface area contributed by atoms with Crippen LogP contribution in [0.5, 0.6) is 0 Å². The molecule has 1 amide bonds. The number of carbonyl (C=O) groups is 2. The first-order valence-electron chi connectivity index (χ1n) is 5.92. The van der Waals surface area contributed by atoms with E-state index in [1.54, 1.807) is 6.07 Å². The number of anilines is 1. The van der Waals surface area contributed by atoms with Gasteiger partial charge in [0, 0.05) is 11.9 Å². The van der Waals surface area contributed by atoms with Crippen LogP contribution in [0.3, 0.4) is 0 Å². The van der Waals surface area contributed by atoms with Gasteiger partial charge in [0.15, 0.2) is 0 Å². The predicted molar refractivity (Wildman–Crippen MR) is 72.9 cm³/mol. The molecule has 0 aliphatic rings. The van der Waals surface area contributed by atoms with Gasteiger partial charge in [-0.25, -0.2) is 9.78 Å². The van der Waals surface area contributed by atoms with Crippen LogP contribution in [0.2, 0.25) is 0 Å². The molecule has 20 heavy (non-hydrogen) atoms. The SMILES string of the molecule is Cc1cc(C)nc(NC(=O)c2ncccc2C(=O)O)c1. The lowest BCUT2D eigenvalue weighted by atomic mass is 10.2. The molecule has 0 spiro atoms. The Balaban J connectivity index is 2.31. The third-order valence-electron chi connectivity index (χ3n) is 2.59. The van der Waals surface area contributed by atoms with Crippen molar-refractivity contribution in [2.24, 2.45) is 0 Å². The zero-order valence-electron chi connectivity index (χ0n) is 11.0. The fourth-order valence-corrected chi connectivity index (χ4v) is 1.84. The lowest BCUT2D eigenvalue weighted by molar-refractivity contribution is 0.0691. The number of hydrogen-bond donors (Lipinski definition) is 2. The Morgan fingerprint density at radius 3 is 2.65 bits per heavy atom. The molecule has 2 aromatic rings. The summed E-state index contributed by atoms with van der Waals surface area (Å²) in [7, 11) is 0. The van der Waals surface area contributed by atoms with Crippen LogP contribution in [0.25, 0.3) is 0 Å². The second kappa shape index (κ2) is 5.48. The summed E-state index contributed by atoms with van der Waals surface area (Å²) in [4.78, 5) is 31.1. The average Bonchev–Trinajstić information content (AvgIpc) is 2.37. The molecule has 0 saturated carbocycles. The maximum absolute atomic E-state index is 12.1. The first-order chi connectivity index (χ1) is 9.47. The van der Waals surface area contributed by atoms with Crippen LogP contribution in [0.1, 0.15) is 32.1 Å². The highest BCUT2D eigenvalue weighted by Crippen LogP contribution is 2.12. The van der Waals surface area contributed by atoms with E-state index in [1.165, 1.54) is 18.3 Å². The van der Waals surface area contributed by atoms with Crippen LogP contribution in [0.15, 0.2) is 30.5 Å². The van der Waals surface area contributed by atoms with Crippen LogP contribution >= 0.6 is 0 Å². The highest BCUT2D eigenvalue weighted by molar-refractivity contribution is 6.08. The summed E-state index contributed by atoms with van der Waals surface area (Å²) in [5.74, 6) is -1.42. The summed E-state index contributed by atoms with van der Waals surface area (Å²) in [6.45, 7) is 3.69. The Kier molecular flexibility index (Phi) is 3.74. The smallest absolute Gasteiger partial charge is 0.338 e. The van der Waals surface area contributed by atoms with E-state index in [4.69, 9.17) is 5.11 Å². The van der Waals surface area contributed by atoms with Crippen molar-refractivity contribution in [3.63, 3.8) is 0 Å². The van der Waals surface area contributed by atoms with Crippen LogP contribution < -0.4 is 5.32 Å². The van der Waals surface area contributed by atoms with Crippen molar-refractivity contribution in [1.29, 1.82) is 0 Å². The molecule has 0 atom stereocenters. The quantitative estimate of drug-likeness (QED) is 0.891. The first-order valence-corrected chi connectivity index (χ1v) is 5.92. The predicted octanol–water partition coefficient (Wildman–Crippen LogP) is 2.04. The first kappa shape index (κ1) is 13.7. The summed E-state index contributed by atoms with van der Waals surface area (Å²) in [6, 6.07) is 6.38. The molecule has 0 aromatic carbocycles. The maximum atomic E-state index is 12.1. The third kappa shape index (κ3) is 2.97. The van der Waals surface area contributed by atoms with Crippen LogP contribution in [0.4, 0.5) is 5.82 Å². The van der Waals surface area contributed by atoms with Gasteiger partial charge in [0.05, 0.1) is 5.56 Å². The molecule has 102 valence electrons. The topological polar surface area (TPSA) is 92.2 Å². The second-order valence-electron chi connectivity index (χ2n) is 4.33. The molecule has 2 N–H and O–H groups in total. The number of carbonyl (C=O) groups excluding carboxylic acids is 1. The summed E-state index contributed by atoms with van der Waals surface area (Å²) in [5, 5.41) is 11.6. The van der Waals surface area contributed by atoms with Gasteiger partial charge in [-0.3, -0.25) is 9.78 Å². The zero-order chi connectivity index (χ0) is 14.7. The van der Waals surface area contributed by atoms with Crippen LogP contribution in [-0.2, 0) is 0 Å². The monoisotopic (exact) mass is 271 g/mol. The highest BCUT2D eigenvalue weighted by atomic mass is 16.4. The molecule has 0 unspecified atom stereocenters. The minimum absolute atomic E-state index is 0.138. The van der Waals surface area contributed by atoms with E-state index in [0.29, 0.717) is 5.82 Å². The number of hydrogen-bond acceptors (Lipinski definition) is 4. The number of aryl methyl sites for hydroxylation is 2. The standard InChI is InChI=1S/C14H13N3O3/c1-8-6-9(2)16-11(7-8)17-13(18)12-10(14(19)20)4-3-5-15-12/h3-7H,1-2H3,(H,19,20)(H,16,17,18). The summed E-state index contributed by atoms with van der Waals surface area (Å²) >= 11 is 0. The lowest BCUT2D eigenvalue weighted by Crippen LogP contribution is -2.19. The zero-order valence-corrected chi connectivity index (χ0v) is 11.0. The van der Waals surface area contributed by atoms with Crippen molar-refractivity contribution in [1.82, 2.24) is 9.97 Å². The van der Waals surface area contributed by atoms with Crippen LogP contribution in [-0.4, -0.2) is 27.0 Å². The summed E-state index contributed by atoms with van der Waals surface area (Å²) < 4.78 is 0. The molecule has 0 saturated heterocycles. The lowest BCUT2D eigenvalue weighted by Gasteiger charge is -2.07. The van der Waals surface area contributed by atoms with Gasteiger partial charge < -0.3 is 10.4 Å². The number of pyridine rings is 2. The summed E-state index contributed by atoms with van der Waals surface area (Å²) in [6.07, 6.45) is 1.37. The van der Waals surface area contributed by atoms with E-state index in [9.17, 15) is 9.59 Å². The van der Waals surface area contributed by atoms with Gasteiger partial charge in [-0.1, -0.05) is 0 Å². The molecule has 2 rings (SSSR count). The Labute approximate surface area is 115 Å². The fourth-order valence-electron chi connectivity index (χ4n) is 1.84. The molecule has 0 radical (unpaired) electrons. The van der Waals surface area contributed by atoms with Gasteiger partial charge in [-0.2, -0.15) is 0 Å². The number of aromatic nitrogens is 2. The van der Waals surface area contributed by atoms with Gasteiger partial charge in [0.1, 0.15) is 11.5 Å². The van der Waals surface area contributed by atoms with Crippen molar-refractivity contribution >= 4 is 17.7 Å². The highest BCUT2D eigenvalue weighted by Gasteiger charge is 2.18. The van der Waals surface area contributed by atoms with E-state index in [2.05, 4.69) is 15.3 Å². The van der Waals surface area contributed by atoms with Crippen molar-refractivity contribution in [2.45, 2.75) is 13.8 Å². The van der Waals surface area contributed by atoms with Crippen molar-refractivity contribution in [3.05, 3.63) is 53.0 Å². The minimum Gasteiger partial charge on any atom is -0.478 e. The molecule has 0 bridgehead atoms. The molecule has 0 aliphatic carbocycles. The van der Waals surface area contributed by atoms with Crippen molar-refractivity contribution < 1.29 is 14.7 Å². The number of carboxylic acid groups (broad SMARTS) is 1. The fraction of sp³-hybridized carbons (Fsp3) is 0.143. The minimum atomic E-state index is -1.20. The van der Waals surface area contributed by atoms with Crippen molar-refractivity contribution in [3.8, 4) is 0 Å². The Morgan fingerprint density at radius 1 is 1.25 bits per heavy atom.